The fourth-order valence-electron chi connectivity index (χ4n) is 3.09. The molecule has 1 amide bonds. The number of nitrogens with one attached hydrogen (secondary N) is 1. The van der Waals surface area contributed by atoms with E-state index in [2.05, 4.69) is 5.32 Å². The molecule has 0 bridgehead atoms. The van der Waals surface area contributed by atoms with Crippen LogP contribution in [0.4, 0.5) is 0 Å². The van der Waals surface area contributed by atoms with Gasteiger partial charge in [0.2, 0.25) is 5.91 Å². The van der Waals surface area contributed by atoms with E-state index in [-0.39, 0.29) is 24.7 Å². The first kappa shape index (κ1) is 19.7. The highest BCUT2D eigenvalue weighted by atomic mass is 35.5. The molecule has 0 saturated carbocycles. The molecule has 0 heterocycles. The molecule has 2 aromatic carbocycles. The molecule has 0 aromatic heterocycles. The molecule has 3 rings (SSSR count). The van der Waals surface area contributed by atoms with E-state index >= 15 is 0 Å². The van der Waals surface area contributed by atoms with Crippen LogP contribution in [0, 0.1) is 0 Å². The third kappa shape index (κ3) is 5.47. The Morgan fingerprint density at radius 1 is 1.11 bits per heavy atom. The Labute approximate surface area is 164 Å². The lowest BCUT2D eigenvalue weighted by Crippen LogP contribution is -2.29. The van der Waals surface area contributed by atoms with Crippen molar-refractivity contribution in [3.05, 3.63) is 58.6 Å². The van der Waals surface area contributed by atoms with Gasteiger partial charge in [-0.3, -0.25) is 4.79 Å². The van der Waals surface area contributed by atoms with E-state index in [1.807, 2.05) is 6.07 Å². The number of sulfone groups is 1. The highest BCUT2D eigenvalue weighted by Crippen LogP contribution is 2.25. The van der Waals surface area contributed by atoms with Crippen molar-refractivity contribution in [2.75, 3.05) is 18.9 Å². The van der Waals surface area contributed by atoms with E-state index in [4.69, 9.17) is 16.3 Å². The van der Waals surface area contributed by atoms with Gasteiger partial charge in [0.1, 0.15) is 12.4 Å². The van der Waals surface area contributed by atoms with Crippen LogP contribution in [0.15, 0.2) is 47.4 Å². The average Bonchev–Trinajstić information content (AvgIpc) is 3.11. The van der Waals surface area contributed by atoms with E-state index in [1.165, 1.54) is 5.56 Å². The van der Waals surface area contributed by atoms with Crippen molar-refractivity contribution in [3.63, 3.8) is 0 Å². The summed E-state index contributed by atoms with van der Waals surface area (Å²) in [4.78, 5) is 12.2. The van der Waals surface area contributed by atoms with Crippen LogP contribution in [0.1, 0.15) is 24.0 Å². The van der Waals surface area contributed by atoms with Crippen LogP contribution in [0.5, 0.6) is 5.75 Å². The number of halogens is 1. The Bertz CT molecular complexity index is 927. The topological polar surface area (TPSA) is 72.5 Å². The molecule has 2 aromatic rings. The molecule has 1 aliphatic carbocycles. The Kier molecular flexibility index (Phi) is 6.39. The molecule has 1 aliphatic rings. The van der Waals surface area contributed by atoms with Crippen molar-refractivity contribution in [1.82, 2.24) is 5.32 Å². The lowest BCUT2D eigenvalue weighted by Gasteiger charge is -2.09. The predicted octanol–water partition coefficient (Wildman–Crippen LogP) is 3.19. The summed E-state index contributed by atoms with van der Waals surface area (Å²) in [6.45, 7) is 0.577. The van der Waals surface area contributed by atoms with E-state index in [1.54, 1.807) is 36.4 Å². The van der Waals surface area contributed by atoms with Gasteiger partial charge in [-0.2, -0.15) is 0 Å². The number of carbonyl (C=O) groups is 1. The number of benzene rings is 2. The second-order valence-corrected chi connectivity index (χ2v) is 9.05. The van der Waals surface area contributed by atoms with Crippen LogP contribution in [-0.2, 0) is 27.5 Å². The van der Waals surface area contributed by atoms with Gasteiger partial charge in [-0.15, -0.1) is 0 Å². The first-order valence-corrected chi connectivity index (χ1v) is 11.0. The maximum atomic E-state index is 12.5. The van der Waals surface area contributed by atoms with Crippen LogP contribution in [0.2, 0.25) is 5.02 Å². The summed E-state index contributed by atoms with van der Waals surface area (Å²) in [5, 5.41) is 3.25. The number of ether oxygens (including phenoxy) is 1. The van der Waals surface area contributed by atoms with Gasteiger partial charge in [-0.05, 0) is 60.7 Å². The number of amides is 1. The number of hydrogen-bond donors (Lipinski definition) is 1. The Morgan fingerprint density at radius 2 is 1.93 bits per heavy atom. The van der Waals surface area contributed by atoms with Crippen LogP contribution in [0.25, 0.3) is 0 Å². The summed E-state index contributed by atoms with van der Waals surface area (Å²) < 4.78 is 30.4. The Morgan fingerprint density at radius 3 is 2.74 bits per heavy atom. The molecule has 5 nitrogen and oxygen atoms in total. The largest absolute Gasteiger partial charge is 0.492 e. The Balaban J connectivity index is 1.43. The summed E-state index contributed by atoms with van der Waals surface area (Å²) in [5.41, 5.74) is 2.34. The van der Waals surface area contributed by atoms with Crippen LogP contribution >= 0.6 is 11.6 Å². The normalized spacial score (nSPS) is 13.2. The standard InChI is InChI=1S/C20H22ClNO4S/c21-17-5-2-6-18(14-17)26-11-10-22-20(23)9-12-27(24,25)19-8-7-15-3-1-4-16(15)13-19/h2,5-8,13-14H,1,3-4,9-12H2,(H,22,23). The molecular weight excluding hydrogens is 386 g/mol. The summed E-state index contributed by atoms with van der Waals surface area (Å²) >= 11 is 5.87. The number of carbonyl (C=O) groups excluding carboxylic acids is 1. The monoisotopic (exact) mass is 407 g/mol. The number of hydrogen-bond acceptors (Lipinski definition) is 4. The van der Waals surface area contributed by atoms with E-state index in [9.17, 15) is 13.2 Å². The van der Waals surface area contributed by atoms with Crippen LogP contribution < -0.4 is 10.1 Å². The van der Waals surface area contributed by atoms with Gasteiger partial charge in [-0.25, -0.2) is 8.42 Å². The fraction of sp³-hybridized carbons (Fsp3) is 0.350. The third-order valence-electron chi connectivity index (χ3n) is 4.52. The first-order chi connectivity index (χ1) is 12.9. The molecular formula is C20H22ClNO4S. The zero-order valence-electron chi connectivity index (χ0n) is 14.9. The molecule has 144 valence electrons. The van der Waals surface area contributed by atoms with Gasteiger partial charge in [0.15, 0.2) is 9.84 Å². The minimum atomic E-state index is -3.46. The quantitative estimate of drug-likeness (QED) is 0.682. The van der Waals surface area contributed by atoms with Gasteiger partial charge in [0.05, 0.1) is 17.2 Å². The van der Waals surface area contributed by atoms with E-state index in [0.717, 1.165) is 24.8 Å². The molecule has 0 radical (unpaired) electrons. The molecule has 0 atom stereocenters. The predicted molar refractivity (Wildman–Crippen MR) is 105 cm³/mol. The molecule has 7 heteroatoms. The van der Waals surface area contributed by atoms with Crippen molar-refractivity contribution < 1.29 is 17.9 Å². The van der Waals surface area contributed by atoms with Gasteiger partial charge in [-0.1, -0.05) is 23.7 Å². The summed E-state index contributed by atoms with van der Waals surface area (Å²) in [6, 6.07) is 12.3. The van der Waals surface area contributed by atoms with Gasteiger partial charge >= 0.3 is 0 Å². The molecule has 0 spiro atoms. The Hall–Kier alpha value is -2.05. The second-order valence-electron chi connectivity index (χ2n) is 6.51. The SMILES string of the molecule is O=C(CCS(=O)(=O)c1ccc2c(c1)CCC2)NCCOc1cccc(Cl)c1. The average molecular weight is 408 g/mol. The highest BCUT2D eigenvalue weighted by molar-refractivity contribution is 7.91. The zero-order valence-corrected chi connectivity index (χ0v) is 16.5. The maximum Gasteiger partial charge on any atom is 0.221 e. The summed E-state index contributed by atoms with van der Waals surface area (Å²) in [7, 11) is -3.46. The van der Waals surface area contributed by atoms with Gasteiger partial charge in [0, 0.05) is 11.4 Å². The van der Waals surface area contributed by atoms with Crippen molar-refractivity contribution in [2.24, 2.45) is 0 Å². The van der Waals surface area contributed by atoms with Crippen LogP contribution in [-0.4, -0.2) is 33.2 Å². The smallest absolute Gasteiger partial charge is 0.221 e. The fourth-order valence-corrected chi connectivity index (χ4v) is 4.56. The van der Waals surface area contributed by atoms with Crippen LogP contribution in [0.3, 0.4) is 0 Å². The first-order valence-electron chi connectivity index (χ1n) is 8.94. The van der Waals surface area contributed by atoms with Crippen molar-refractivity contribution >= 4 is 27.3 Å². The number of rotatable bonds is 8. The highest BCUT2D eigenvalue weighted by Gasteiger charge is 2.19. The third-order valence-corrected chi connectivity index (χ3v) is 6.46. The van der Waals surface area contributed by atoms with Crippen molar-refractivity contribution in [2.45, 2.75) is 30.6 Å². The minimum Gasteiger partial charge on any atom is -0.492 e. The summed E-state index contributed by atoms with van der Waals surface area (Å²) in [6.07, 6.45) is 2.93. The molecule has 0 saturated heterocycles. The lowest BCUT2D eigenvalue weighted by molar-refractivity contribution is -0.120. The van der Waals surface area contributed by atoms with Crippen molar-refractivity contribution in [1.29, 1.82) is 0 Å². The van der Waals surface area contributed by atoms with Gasteiger partial charge < -0.3 is 10.1 Å². The molecule has 1 N–H and O–H groups in total. The number of aryl methyl sites for hydroxylation is 2. The maximum absolute atomic E-state index is 12.5. The number of fused-ring (bicyclic) bond motifs is 1. The molecule has 27 heavy (non-hydrogen) atoms. The molecule has 0 fully saturated rings. The molecule has 0 aliphatic heterocycles. The second kappa shape index (κ2) is 8.76. The zero-order chi connectivity index (χ0) is 19.3. The van der Waals surface area contributed by atoms with E-state index < -0.39 is 9.84 Å². The summed E-state index contributed by atoms with van der Waals surface area (Å²) in [5.74, 6) is 0.109. The van der Waals surface area contributed by atoms with Crippen molar-refractivity contribution in [3.8, 4) is 5.75 Å². The minimum absolute atomic E-state index is 0.0728. The lowest BCUT2D eigenvalue weighted by atomic mass is 10.1. The van der Waals surface area contributed by atoms with E-state index in [0.29, 0.717) is 22.2 Å². The van der Waals surface area contributed by atoms with Gasteiger partial charge in [0.25, 0.3) is 0 Å². The molecule has 0 unspecified atom stereocenters.